The summed E-state index contributed by atoms with van der Waals surface area (Å²) < 4.78 is 55.5. The SMILES string of the molecule is N#Cc1cc(Nc2nccc3c(C(F)(F)F)cc(F)cc23)c2c3c1CCN3C(=O)NC2c1cc(Cl)ccc1Cl. The number of hydrogen-bond acceptors (Lipinski definition) is 4. The number of nitrogens with one attached hydrogen (secondary N) is 2. The number of hydrogen-bond donors (Lipinski definition) is 2. The fourth-order valence-electron chi connectivity index (χ4n) is 5.28. The number of anilines is 3. The number of rotatable bonds is 3. The Hall–Kier alpha value is -4.07. The maximum Gasteiger partial charge on any atom is 0.417 e. The van der Waals surface area contributed by atoms with Gasteiger partial charge in [0.15, 0.2) is 0 Å². The molecule has 2 aliphatic rings. The van der Waals surface area contributed by atoms with E-state index in [1.54, 1.807) is 24.3 Å². The lowest BCUT2D eigenvalue weighted by atomic mass is 9.89. The van der Waals surface area contributed by atoms with Crippen molar-refractivity contribution in [1.29, 1.82) is 5.26 Å². The molecule has 1 unspecified atom stereocenters. The number of aromatic nitrogens is 1. The monoisotopic (exact) mass is 571 g/mol. The fraction of sp³-hybridized carbons (Fsp3) is 0.148. The molecule has 1 aromatic heterocycles. The Balaban J connectivity index is 1.61. The molecule has 12 heteroatoms. The second-order valence-electron chi connectivity index (χ2n) is 9.11. The number of urea groups is 1. The maximum atomic E-state index is 14.4. The number of nitrogens with zero attached hydrogens (tertiary/aromatic N) is 3. The van der Waals surface area contributed by atoms with E-state index in [0.29, 0.717) is 51.5 Å². The van der Waals surface area contributed by atoms with Gasteiger partial charge in [-0.15, -0.1) is 0 Å². The van der Waals surface area contributed by atoms with Crippen molar-refractivity contribution in [2.24, 2.45) is 0 Å². The average molecular weight is 572 g/mol. The first-order valence-corrected chi connectivity index (χ1v) is 12.4. The molecule has 0 bridgehead atoms. The molecule has 0 spiro atoms. The number of carbonyl (C=O) groups excluding carboxylic acids is 1. The van der Waals surface area contributed by atoms with Crippen LogP contribution in [0.5, 0.6) is 0 Å². The van der Waals surface area contributed by atoms with Gasteiger partial charge in [0.1, 0.15) is 11.6 Å². The van der Waals surface area contributed by atoms with Crippen LogP contribution in [0.15, 0.2) is 48.7 Å². The lowest BCUT2D eigenvalue weighted by molar-refractivity contribution is -0.136. The minimum atomic E-state index is -4.80. The van der Waals surface area contributed by atoms with E-state index in [2.05, 4.69) is 21.7 Å². The number of halogens is 6. The molecule has 6 nitrogen and oxygen atoms in total. The lowest BCUT2D eigenvalue weighted by Crippen LogP contribution is -2.46. The van der Waals surface area contributed by atoms with E-state index in [1.807, 2.05) is 0 Å². The summed E-state index contributed by atoms with van der Waals surface area (Å²) >= 11 is 12.7. The van der Waals surface area contributed by atoms with Crippen molar-refractivity contribution in [3.05, 3.63) is 92.3 Å². The molecule has 3 aromatic carbocycles. The van der Waals surface area contributed by atoms with Crippen molar-refractivity contribution in [2.45, 2.75) is 18.6 Å². The van der Waals surface area contributed by atoms with Crippen LogP contribution in [0.2, 0.25) is 10.0 Å². The summed E-state index contributed by atoms with van der Waals surface area (Å²) in [4.78, 5) is 18.8. The van der Waals surface area contributed by atoms with Crippen LogP contribution >= 0.6 is 23.2 Å². The predicted molar refractivity (Wildman–Crippen MR) is 139 cm³/mol. The molecule has 2 N–H and O–H groups in total. The third-order valence-electron chi connectivity index (χ3n) is 6.89. The summed E-state index contributed by atoms with van der Waals surface area (Å²) in [7, 11) is 0. The molecule has 4 aromatic rings. The van der Waals surface area contributed by atoms with Gasteiger partial charge in [0.05, 0.1) is 28.9 Å². The number of pyridine rings is 1. The highest BCUT2D eigenvalue weighted by molar-refractivity contribution is 6.33. The van der Waals surface area contributed by atoms with E-state index >= 15 is 0 Å². The van der Waals surface area contributed by atoms with E-state index in [9.17, 15) is 27.6 Å². The topological polar surface area (TPSA) is 81.1 Å². The van der Waals surface area contributed by atoms with E-state index in [4.69, 9.17) is 23.2 Å². The summed E-state index contributed by atoms with van der Waals surface area (Å²) in [5.74, 6) is -1.14. The van der Waals surface area contributed by atoms with E-state index in [0.717, 1.165) is 12.1 Å². The largest absolute Gasteiger partial charge is 0.417 e. The van der Waals surface area contributed by atoms with Gasteiger partial charge in [-0.25, -0.2) is 14.2 Å². The van der Waals surface area contributed by atoms with Crippen LogP contribution < -0.4 is 15.5 Å². The van der Waals surface area contributed by atoms with E-state index < -0.39 is 29.6 Å². The fourth-order valence-corrected chi connectivity index (χ4v) is 5.68. The standard InChI is InChI=1S/C27H15Cl2F4N5O/c28-13-1-2-20(29)18(8-13)23-22-21(7-12(11-34)15-4-6-38(24(15)22)26(39)37-23)36-25-17-9-14(30)10-19(27(31,32)33)16(17)3-5-35-25/h1-3,5,7-10,23H,4,6H2,(H,35,36)(H,37,39). The van der Waals surface area contributed by atoms with Gasteiger partial charge in [-0.05, 0) is 65.4 Å². The third-order valence-corrected chi connectivity index (χ3v) is 7.47. The molecule has 0 aliphatic carbocycles. The van der Waals surface area contributed by atoms with Gasteiger partial charge >= 0.3 is 12.2 Å². The van der Waals surface area contributed by atoms with Crippen LogP contribution in [0.4, 0.5) is 39.5 Å². The van der Waals surface area contributed by atoms with Crippen molar-refractivity contribution in [3.63, 3.8) is 0 Å². The number of nitriles is 1. The van der Waals surface area contributed by atoms with Crippen LogP contribution in [-0.4, -0.2) is 17.6 Å². The Morgan fingerprint density at radius 3 is 2.67 bits per heavy atom. The number of carbonyl (C=O) groups is 1. The number of benzene rings is 3. The van der Waals surface area contributed by atoms with Crippen LogP contribution in [0.1, 0.15) is 33.9 Å². The molecule has 0 saturated heterocycles. The Kier molecular flexibility index (Phi) is 5.82. The van der Waals surface area contributed by atoms with Crippen molar-refractivity contribution < 1.29 is 22.4 Å². The Labute approximate surface area is 228 Å². The highest BCUT2D eigenvalue weighted by Gasteiger charge is 2.41. The van der Waals surface area contributed by atoms with Gasteiger partial charge in [0.25, 0.3) is 0 Å². The first-order valence-electron chi connectivity index (χ1n) is 11.6. The van der Waals surface area contributed by atoms with Gasteiger partial charge in [-0.1, -0.05) is 23.2 Å². The zero-order valence-electron chi connectivity index (χ0n) is 19.6. The summed E-state index contributed by atoms with van der Waals surface area (Å²) in [5.41, 5.74) is 1.60. The third kappa shape index (κ3) is 4.09. The minimum absolute atomic E-state index is 0.0602. The molecule has 2 amide bonds. The highest BCUT2D eigenvalue weighted by Crippen LogP contribution is 2.49. The molecule has 0 radical (unpaired) electrons. The van der Waals surface area contributed by atoms with Crippen molar-refractivity contribution in [2.75, 3.05) is 16.8 Å². The van der Waals surface area contributed by atoms with Crippen LogP contribution in [-0.2, 0) is 12.6 Å². The molecule has 6 rings (SSSR count). The molecule has 1 atom stereocenters. The second-order valence-corrected chi connectivity index (χ2v) is 9.95. The first kappa shape index (κ1) is 25.2. The molecule has 2 aliphatic heterocycles. The van der Waals surface area contributed by atoms with E-state index in [1.165, 1.54) is 11.1 Å². The van der Waals surface area contributed by atoms with Crippen molar-refractivity contribution in [3.8, 4) is 6.07 Å². The number of fused-ring (bicyclic) bond motifs is 1. The number of alkyl halides is 3. The Morgan fingerprint density at radius 1 is 1.13 bits per heavy atom. The molecule has 39 heavy (non-hydrogen) atoms. The lowest BCUT2D eigenvalue weighted by Gasteiger charge is -2.35. The van der Waals surface area contributed by atoms with Gasteiger partial charge in [-0.2, -0.15) is 18.4 Å². The van der Waals surface area contributed by atoms with Crippen LogP contribution in [0, 0.1) is 17.1 Å². The minimum Gasteiger partial charge on any atom is -0.339 e. The molecule has 0 fully saturated rings. The summed E-state index contributed by atoms with van der Waals surface area (Å²) in [5, 5.41) is 16.2. The van der Waals surface area contributed by atoms with E-state index in [-0.39, 0.29) is 27.8 Å². The van der Waals surface area contributed by atoms with Gasteiger partial charge in [0, 0.05) is 39.4 Å². The normalized spacial score (nSPS) is 16.2. The zero-order valence-corrected chi connectivity index (χ0v) is 21.1. The average Bonchev–Trinajstić information content (AvgIpc) is 3.34. The highest BCUT2D eigenvalue weighted by atomic mass is 35.5. The molecule has 3 heterocycles. The summed E-state index contributed by atoms with van der Waals surface area (Å²) in [6.07, 6.45) is -3.19. The van der Waals surface area contributed by atoms with Crippen LogP contribution in [0.3, 0.4) is 0 Å². The van der Waals surface area contributed by atoms with Gasteiger partial charge in [0.2, 0.25) is 0 Å². The van der Waals surface area contributed by atoms with Crippen LogP contribution in [0.25, 0.3) is 10.8 Å². The summed E-state index contributed by atoms with van der Waals surface area (Å²) in [6.45, 7) is 0.328. The van der Waals surface area contributed by atoms with Crippen molar-refractivity contribution in [1.82, 2.24) is 10.3 Å². The molecular weight excluding hydrogens is 557 g/mol. The Morgan fingerprint density at radius 2 is 1.92 bits per heavy atom. The second kappa shape index (κ2) is 9.00. The van der Waals surface area contributed by atoms with Gasteiger partial charge < -0.3 is 10.6 Å². The van der Waals surface area contributed by atoms with Gasteiger partial charge in [-0.3, -0.25) is 4.90 Å². The zero-order chi connectivity index (χ0) is 27.6. The molecule has 0 saturated carbocycles. The molecular formula is C27H15Cl2F4N5O. The first-order chi connectivity index (χ1) is 18.6. The van der Waals surface area contributed by atoms with Crippen molar-refractivity contribution >= 4 is 57.2 Å². The Bertz CT molecular complexity index is 1750. The smallest absolute Gasteiger partial charge is 0.339 e. The number of amides is 2. The molecule has 196 valence electrons. The maximum absolute atomic E-state index is 14.4. The predicted octanol–water partition coefficient (Wildman–Crippen LogP) is 7.49. The summed E-state index contributed by atoms with van der Waals surface area (Å²) in [6, 6.07) is 9.81. The quantitative estimate of drug-likeness (QED) is 0.250.